The zero-order chi connectivity index (χ0) is 23.2. The zero-order valence-corrected chi connectivity index (χ0v) is 20.2. The topological polar surface area (TPSA) is 88.2 Å². The van der Waals surface area contributed by atoms with Crippen LogP contribution in [0.1, 0.15) is 73.6 Å². The zero-order valence-electron chi connectivity index (χ0n) is 20.2. The molecule has 31 heavy (non-hydrogen) atoms. The molecule has 2 amide bonds. The second-order valence-electron chi connectivity index (χ2n) is 10.2. The molecular weight excluding hydrogens is 398 g/mol. The van der Waals surface area contributed by atoms with Gasteiger partial charge in [-0.05, 0) is 73.8 Å². The van der Waals surface area contributed by atoms with Gasteiger partial charge in [0.25, 0.3) is 0 Å². The number of carbonyl (C=O) groups is 3. The van der Waals surface area contributed by atoms with E-state index in [4.69, 9.17) is 9.47 Å². The molecule has 1 unspecified atom stereocenters. The van der Waals surface area contributed by atoms with E-state index in [2.05, 4.69) is 10.2 Å². The number of likely N-dealkylation sites (tertiary alicyclic amines) is 2. The van der Waals surface area contributed by atoms with Crippen LogP contribution in [0.25, 0.3) is 0 Å². The van der Waals surface area contributed by atoms with Crippen molar-refractivity contribution >= 4 is 18.0 Å². The van der Waals surface area contributed by atoms with Gasteiger partial charge < -0.3 is 19.7 Å². The molecule has 8 nitrogen and oxygen atoms in total. The van der Waals surface area contributed by atoms with Crippen molar-refractivity contribution < 1.29 is 23.9 Å². The molecule has 0 aromatic carbocycles. The molecule has 1 N–H and O–H groups in total. The maximum Gasteiger partial charge on any atom is 0.410 e. The van der Waals surface area contributed by atoms with Crippen molar-refractivity contribution in [2.75, 3.05) is 32.8 Å². The maximum atomic E-state index is 12.9. The minimum atomic E-state index is -0.810. The van der Waals surface area contributed by atoms with E-state index < -0.39 is 11.0 Å². The SMILES string of the molecule is CCOC(=O)C1(CC(=O)NC(C)C)CCCN(C2CCN(C(=O)OC(C)(C)C)CC2)C1. The highest BCUT2D eigenvalue weighted by Gasteiger charge is 2.46. The Morgan fingerprint density at radius 2 is 1.77 bits per heavy atom. The average Bonchev–Trinajstić information content (AvgIpc) is 2.66. The summed E-state index contributed by atoms with van der Waals surface area (Å²) in [4.78, 5) is 41.9. The Kier molecular flexibility index (Phi) is 8.74. The largest absolute Gasteiger partial charge is 0.466 e. The second kappa shape index (κ2) is 10.7. The van der Waals surface area contributed by atoms with Crippen molar-refractivity contribution in [3.05, 3.63) is 0 Å². The van der Waals surface area contributed by atoms with Crippen molar-refractivity contribution in [1.29, 1.82) is 0 Å². The van der Waals surface area contributed by atoms with Crippen LogP contribution in [0.15, 0.2) is 0 Å². The molecule has 2 aliphatic heterocycles. The lowest BCUT2D eigenvalue weighted by molar-refractivity contribution is -0.162. The Morgan fingerprint density at radius 3 is 2.32 bits per heavy atom. The lowest BCUT2D eigenvalue weighted by atomic mass is 9.76. The van der Waals surface area contributed by atoms with Crippen molar-refractivity contribution in [3.8, 4) is 0 Å². The van der Waals surface area contributed by atoms with E-state index in [9.17, 15) is 14.4 Å². The Hall–Kier alpha value is -1.83. The molecule has 0 aromatic heterocycles. The normalized spacial score (nSPS) is 23.5. The summed E-state index contributed by atoms with van der Waals surface area (Å²) in [5.74, 6) is -0.380. The highest BCUT2D eigenvalue weighted by atomic mass is 16.6. The Labute approximate surface area is 187 Å². The number of rotatable bonds is 6. The van der Waals surface area contributed by atoms with Gasteiger partial charge in [-0.25, -0.2) is 4.79 Å². The summed E-state index contributed by atoms with van der Waals surface area (Å²) >= 11 is 0. The summed E-state index contributed by atoms with van der Waals surface area (Å²) in [5.41, 5.74) is -1.31. The predicted octanol–water partition coefficient (Wildman–Crippen LogP) is 2.95. The molecule has 2 heterocycles. The lowest BCUT2D eigenvalue weighted by Gasteiger charge is -2.46. The number of hydrogen-bond acceptors (Lipinski definition) is 6. The number of carbonyl (C=O) groups excluding carboxylic acids is 3. The smallest absolute Gasteiger partial charge is 0.410 e. The fraction of sp³-hybridized carbons (Fsp3) is 0.870. The molecule has 8 heteroatoms. The number of piperidine rings is 2. The molecule has 0 bridgehead atoms. The third-order valence-electron chi connectivity index (χ3n) is 5.90. The minimum Gasteiger partial charge on any atom is -0.466 e. The summed E-state index contributed by atoms with van der Waals surface area (Å²) in [6, 6.07) is 0.310. The highest BCUT2D eigenvalue weighted by molar-refractivity contribution is 5.86. The van der Waals surface area contributed by atoms with Crippen molar-refractivity contribution in [2.45, 2.75) is 91.3 Å². The molecule has 0 aliphatic carbocycles. The molecule has 2 fully saturated rings. The molecule has 1 atom stereocenters. The van der Waals surface area contributed by atoms with Gasteiger partial charge >= 0.3 is 12.1 Å². The van der Waals surface area contributed by atoms with E-state index in [1.807, 2.05) is 34.6 Å². The minimum absolute atomic E-state index is 0.0311. The summed E-state index contributed by atoms with van der Waals surface area (Å²) < 4.78 is 10.9. The van der Waals surface area contributed by atoms with E-state index in [1.54, 1.807) is 11.8 Å². The second-order valence-corrected chi connectivity index (χ2v) is 10.2. The van der Waals surface area contributed by atoms with Crippen LogP contribution in [0, 0.1) is 5.41 Å². The van der Waals surface area contributed by atoms with Gasteiger partial charge in [-0.3, -0.25) is 14.5 Å². The van der Waals surface area contributed by atoms with E-state index >= 15 is 0 Å². The first-order valence-electron chi connectivity index (χ1n) is 11.6. The van der Waals surface area contributed by atoms with Crippen molar-refractivity contribution in [1.82, 2.24) is 15.1 Å². The highest BCUT2D eigenvalue weighted by Crippen LogP contribution is 2.37. The van der Waals surface area contributed by atoms with Gasteiger partial charge in [0, 0.05) is 38.1 Å². The van der Waals surface area contributed by atoms with Crippen molar-refractivity contribution in [3.63, 3.8) is 0 Å². The third-order valence-corrected chi connectivity index (χ3v) is 5.90. The first-order chi connectivity index (χ1) is 14.5. The van der Waals surface area contributed by atoms with Gasteiger partial charge in [0.1, 0.15) is 5.60 Å². The number of hydrogen-bond donors (Lipinski definition) is 1. The number of esters is 1. The van der Waals surface area contributed by atoms with Crippen LogP contribution >= 0.6 is 0 Å². The average molecular weight is 440 g/mol. The standard InChI is InChI=1S/C23H41N3O5/c1-7-30-20(28)23(15-19(27)24-17(2)3)11-8-12-26(16-23)18-9-13-25(14-10-18)21(29)31-22(4,5)6/h17-18H,7-16H2,1-6H3,(H,24,27). The summed E-state index contributed by atoms with van der Waals surface area (Å²) in [5, 5.41) is 2.92. The fourth-order valence-electron chi connectivity index (χ4n) is 4.57. The molecule has 0 spiro atoms. The number of nitrogens with zero attached hydrogens (tertiary/aromatic N) is 2. The summed E-state index contributed by atoms with van der Waals surface area (Å²) in [6.07, 6.45) is 3.05. The summed E-state index contributed by atoms with van der Waals surface area (Å²) in [6.45, 7) is 14.2. The molecule has 2 aliphatic rings. The van der Waals surface area contributed by atoms with Crippen LogP contribution in [0.3, 0.4) is 0 Å². The Morgan fingerprint density at radius 1 is 1.13 bits per heavy atom. The number of nitrogens with one attached hydrogen (secondary N) is 1. The maximum absolute atomic E-state index is 12.9. The first-order valence-corrected chi connectivity index (χ1v) is 11.6. The van der Waals surface area contributed by atoms with E-state index in [0.29, 0.717) is 32.7 Å². The quantitative estimate of drug-likeness (QED) is 0.640. The first kappa shape index (κ1) is 25.4. The van der Waals surface area contributed by atoms with Gasteiger partial charge in [-0.2, -0.15) is 0 Å². The van der Waals surface area contributed by atoms with Gasteiger partial charge in [0.05, 0.1) is 12.0 Å². The van der Waals surface area contributed by atoms with Gasteiger partial charge in [0.2, 0.25) is 5.91 Å². The van der Waals surface area contributed by atoms with Gasteiger partial charge in [-0.15, -0.1) is 0 Å². The molecule has 2 rings (SSSR count). The lowest BCUT2D eigenvalue weighted by Crippen LogP contribution is -2.56. The van der Waals surface area contributed by atoms with Gasteiger partial charge in [0.15, 0.2) is 0 Å². The third kappa shape index (κ3) is 7.37. The van der Waals surface area contributed by atoms with E-state index in [1.165, 1.54) is 0 Å². The molecular formula is C23H41N3O5. The summed E-state index contributed by atoms with van der Waals surface area (Å²) in [7, 11) is 0. The fourth-order valence-corrected chi connectivity index (χ4v) is 4.57. The van der Waals surface area contributed by atoms with Crippen LogP contribution in [0.5, 0.6) is 0 Å². The van der Waals surface area contributed by atoms with E-state index in [0.717, 1.165) is 25.8 Å². The number of amides is 2. The molecule has 0 aromatic rings. The van der Waals surface area contributed by atoms with Crippen LogP contribution < -0.4 is 5.32 Å². The molecule has 0 saturated carbocycles. The van der Waals surface area contributed by atoms with Crippen molar-refractivity contribution in [2.24, 2.45) is 5.41 Å². The van der Waals surface area contributed by atoms with Crippen LogP contribution in [-0.4, -0.2) is 78.2 Å². The van der Waals surface area contributed by atoms with Crippen LogP contribution in [-0.2, 0) is 19.1 Å². The predicted molar refractivity (Wildman–Crippen MR) is 119 cm³/mol. The molecule has 0 radical (unpaired) electrons. The Bertz CT molecular complexity index is 638. The van der Waals surface area contributed by atoms with Gasteiger partial charge in [-0.1, -0.05) is 0 Å². The van der Waals surface area contributed by atoms with Crippen LogP contribution in [0.4, 0.5) is 4.79 Å². The van der Waals surface area contributed by atoms with Crippen LogP contribution in [0.2, 0.25) is 0 Å². The number of ether oxygens (including phenoxy) is 2. The van der Waals surface area contributed by atoms with E-state index in [-0.39, 0.29) is 36.5 Å². The monoisotopic (exact) mass is 439 g/mol. The molecule has 2 saturated heterocycles. The molecule has 178 valence electrons. The Balaban J connectivity index is 2.03.